The van der Waals surface area contributed by atoms with Crippen molar-refractivity contribution in [3.8, 4) is 0 Å². The largest absolute Gasteiger partial charge is 0.361 e. The molecule has 26 heavy (non-hydrogen) atoms. The number of benzene rings is 1. The summed E-state index contributed by atoms with van der Waals surface area (Å²) in [5.41, 5.74) is 1.75. The number of piperidine rings is 1. The van der Waals surface area contributed by atoms with Gasteiger partial charge in [-0.15, -0.1) is 0 Å². The predicted molar refractivity (Wildman–Crippen MR) is 103 cm³/mol. The molecule has 3 aromatic rings. The highest BCUT2D eigenvalue weighted by Crippen LogP contribution is 2.37. The van der Waals surface area contributed by atoms with Gasteiger partial charge < -0.3 is 10.3 Å². The van der Waals surface area contributed by atoms with Crippen LogP contribution in [0, 0.1) is 0 Å². The Morgan fingerprint density at radius 1 is 1.23 bits per heavy atom. The Kier molecular flexibility index (Phi) is 4.02. The van der Waals surface area contributed by atoms with Gasteiger partial charge in [-0.25, -0.2) is 4.37 Å². The summed E-state index contributed by atoms with van der Waals surface area (Å²) >= 11 is 1.59. The molecule has 5 rings (SSSR count). The van der Waals surface area contributed by atoms with Gasteiger partial charge in [0.1, 0.15) is 0 Å². The number of aromatic amines is 1. The van der Waals surface area contributed by atoms with Crippen molar-refractivity contribution >= 4 is 28.3 Å². The van der Waals surface area contributed by atoms with E-state index in [0.29, 0.717) is 12.1 Å². The first-order chi connectivity index (χ1) is 12.8. The van der Waals surface area contributed by atoms with Crippen LogP contribution in [0.5, 0.6) is 0 Å². The average molecular weight is 366 g/mol. The normalized spacial score (nSPS) is 25.6. The first-order valence-corrected chi connectivity index (χ1v) is 10.1. The number of amides is 1. The van der Waals surface area contributed by atoms with E-state index in [4.69, 9.17) is 0 Å². The first kappa shape index (κ1) is 16.0. The number of nitrogens with one attached hydrogen (secondary N) is 2. The van der Waals surface area contributed by atoms with Crippen molar-refractivity contribution in [3.05, 3.63) is 53.2 Å². The topological polar surface area (TPSA) is 61.0 Å². The van der Waals surface area contributed by atoms with Gasteiger partial charge in [0.15, 0.2) is 0 Å². The third kappa shape index (κ3) is 2.93. The molecule has 5 nitrogen and oxygen atoms in total. The van der Waals surface area contributed by atoms with E-state index in [2.05, 4.69) is 25.6 Å². The summed E-state index contributed by atoms with van der Waals surface area (Å²) in [4.78, 5) is 19.8. The number of aromatic nitrogens is 2. The zero-order valence-corrected chi connectivity index (χ0v) is 15.3. The Morgan fingerprint density at radius 3 is 2.85 bits per heavy atom. The van der Waals surface area contributed by atoms with Crippen LogP contribution in [0.4, 0.5) is 0 Å². The highest BCUT2D eigenvalue weighted by Gasteiger charge is 2.41. The molecular weight excluding hydrogens is 344 g/mol. The minimum absolute atomic E-state index is 0.0433. The summed E-state index contributed by atoms with van der Waals surface area (Å²) in [6.07, 6.45) is 8.37. The fraction of sp³-hybridized carbons (Fsp3) is 0.400. The molecule has 3 atom stereocenters. The zero-order valence-electron chi connectivity index (χ0n) is 14.5. The van der Waals surface area contributed by atoms with Crippen molar-refractivity contribution in [2.24, 2.45) is 0 Å². The molecule has 0 aliphatic carbocycles. The molecule has 2 aliphatic rings. The molecule has 0 radical (unpaired) electrons. The monoisotopic (exact) mass is 366 g/mol. The van der Waals surface area contributed by atoms with Crippen LogP contribution in [0.2, 0.25) is 0 Å². The third-order valence-electron chi connectivity index (χ3n) is 5.87. The maximum Gasteiger partial charge on any atom is 0.251 e. The zero-order chi connectivity index (χ0) is 17.5. The van der Waals surface area contributed by atoms with Crippen LogP contribution in [0.3, 0.4) is 0 Å². The molecule has 1 amide bonds. The van der Waals surface area contributed by atoms with Crippen molar-refractivity contribution < 1.29 is 4.79 Å². The van der Waals surface area contributed by atoms with E-state index in [9.17, 15) is 4.79 Å². The molecule has 4 heterocycles. The summed E-state index contributed by atoms with van der Waals surface area (Å²) in [6, 6.07) is 11.4. The number of carbonyl (C=O) groups is 1. The van der Waals surface area contributed by atoms with Crippen LogP contribution < -0.4 is 5.32 Å². The lowest BCUT2D eigenvalue weighted by Gasteiger charge is -2.38. The molecule has 6 heteroatoms. The lowest BCUT2D eigenvalue weighted by Crippen LogP contribution is -2.49. The van der Waals surface area contributed by atoms with E-state index >= 15 is 0 Å². The Morgan fingerprint density at radius 2 is 2.08 bits per heavy atom. The molecule has 2 aliphatic heterocycles. The Balaban J connectivity index is 1.25. The van der Waals surface area contributed by atoms with Gasteiger partial charge in [0, 0.05) is 53.0 Å². The fourth-order valence-electron chi connectivity index (χ4n) is 4.61. The van der Waals surface area contributed by atoms with E-state index in [1.807, 2.05) is 36.7 Å². The number of H-pyrrole nitrogens is 1. The van der Waals surface area contributed by atoms with Crippen LogP contribution in [-0.4, -0.2) is 38.3 Å². The smallest absolute Gasteiger partial charge is 0.251 e. The second-order valence-electron chi connectivity index (χ2n) is 7.46. The van der Waals surface area contributed by atoms with Crippen molar-refractivity contribution in [1.82, 2.24) is 19.6 Å². The van der Waals surface area contributed by atoms with E-state index < -0.39 is 0 Å². The summed E-state index contributed by atoms with van der Waals surface area (Å²) in [5, 5.41) is 4.42. The van der Waals surface area contributed by atoms with Gasteiger partial charge in [-0.2, -0.15) is 0 Å². The standard InChI is InChI=1S/C20H22N4OS/c25-20(14-2-1-13-5-7-21-19(13)9-14)23-15-10-16-3-4-17(11-15)24(16)12-18-6-8-22-26-18/h1-2,5-9,15-17,21H,3-4,10-12H2,(H,23,25)/t15?,16-,17+. The Labute approximate surface area is 156 Å². The molecule has 2 N–H and O–H groups in total. The number of rotatable bonds is 4. The highest BCUT2D eigenvalue weighted by atomic mass is 32.1. The molecular formula is C20H22N4OS. The van der Waals surface area contributed by atoms with Gasteiger partial charge in [0.2, 0.25) is 0 Å². The maximum absolute atomic E-state index is 12.7. The lowest BCUT2D eigenvalue weighted by molar-refractivity contribution is 0.0830. The van der Waals surface area contributed by atoms with Gasteiger partial charge in [-0.3, -0.25) is 9.69 Å². The van der Waals surface area contributed by atoms with E-state index in [1.165, 1.54) is 17.7 Å². The van der Waals surface area contributed by atoms with Crippen LogP contribution >= 0.6 is 11.5 Å². The van der Waals surface area contributed by atoms with E-state index in [1.54, 1.807) is 11.5 Å². The maximum atomic E-state index is 12.7. The van der Waals surface area contributed by atoms with E-state index in [0.717, 1.165) is 35.9 Å². The molecule has 0 spiro atoms. The number of hydrogen-bond acceptors (Lipinski definition) is 4. The minimum Gasteiger partial charge on any atom is -0.361 e. The van der Waals surface area contributed by atoms with Crippen LogP contribution in [0.25, 0.3) is 10.9 Å². The third-order valence-corrected chi connectivity index (χ3v) is 6.59. The first-order valence-electron chi connectivity index (χ1n) is 9.29. The van der Waals surface area contributed by atoms with Gasteiger partial charge in [0.05, 0.1) is 0 Å². The summed E-state index contributed by atoms with van der Waals surface area (Å²) in [7, 11) is 0. The Hall–Kier alpha value is -2.18. The molecule has 2 fully saturated rings. The second kappa shape index (κ2) is 6.52. The predicted octanol–water partition coefficient (Wildman–Crippen LogP) is 3.55. The van der Waals surface area contributed by atoms with Crippen LogP contribution in [-0.2, 0) is 6.54 Å². The highest BCUT2D eigenvalue weighted by molar-refractivity contribution is 7.05. The molecule has 2 aromatic heterocycles. The van der Waals surface area contributed by atoms with Crippen LogP contribution in [0.1, 0.15) is 40.9 Å². The number of hydrogen-bond donors (Lipinski definition) is 2. The van der Waals surface area contributed by atoms with Gasteiger partial charge >= 0.3 is 0 Å². The second-order valence-corrected chi connectivity index (χ2v) is 8.38. The number of carbonyl (C=O) groups excluding carboxylic acids is 1. The van der Waals surface area contributed by atoms with Crippen molar-refractivity contribution in [2.45, 2.75) is 50.4 Å². The molecule has 2 saturated heterocycles. The fourth-order valence-corrected chi connectivity index (χ4v) is 5.20. The number of fused-ring (bicyclic) bond motifs is 3. The van der Waals surface area contributed by atoms with Crippen molar-refractivity contribution in [3.63, 3.8) is 0 Å². The summed E-state index contributed by atoms with van der Waals surface area (Å²) in [6.45, 7) is 1.00. The minimum atomic E-state index is 0.0433. The number of nitrogens with zero attached hydrogens (tertiary/aromatic N) is 2. The quantitative estimate of drug-likeness (QED) is 0.742. The SMILES string of the molecule is O=C(NC1C[C@H]2CC[C@@H](C1)N2Cc1ccns1)c1ccc2cc[nH]c2c1. The summed E-state index contributed by atoms with van der Waals surface area (Å²) in [5.74, 6) is 0.0433. The molecule has 134 valence electrons. The van der Waals surface area contributed by atoms with Gasteiger partial charge in [-0.1, -0.05) is 6.07 Å². The molecule has 1 aromatic carbocycles. The average Bonchev–Trinajstić information content (AvgIpc) is 3.36. The van der Waals surface area contributed by atoms with Crippen molar-refractivity contribution in [1.29, 1.82) is 0 Å². The Bertz CT molecular complexity index is 905. The molecule has 1 unspecified atom stereocenters. The van der Waals surface area contributed by atoms with Gasteiger partial charge in [-0.05, 0) is 66.9 Å². The van der Waals surface area contributed by atoms with Crippen LogP contribution in [0.15, 0.2) is 42.7 Å². The lowest BCUT2D eigenvalue weighted by atomic mass is 9.96. The van der Waals surface area contributed by atoms with Gasteiger partial charge in [0.25, 0.3) is 5.91 Å². The summed E-state index contributed by atoms with van der Waals surface area (Å²) < 4.78 is 4.22. The van der Waals surface area contributed by atoms with Crippen molar-refractivity contribution in [2.75, 3.05) is 0 Å². The molecule has 2 bridgehead atoms. The molecule has 0 saturated carbocycles. The van der Waals surface area contributed by atoms with E-state index in [-0.39, 0.29) is 11.9 Å².